The molecule has 1 heterocycles. The van der Waals surface area contributed by atoms with Gasteiger partial charge in [0.15, 0.2) is 5.78 Å². The number of nitrogens with zero attached hydrogens (tertiary/aromatic N) is 1. The van der Waals surface area contributed by atoms with Crippen LogP contribution < -0.4 is 5.32 Å². The van der Waals surface area contributed by atoms with Gasteiger partial charge in [0.25, 0.3) is 0 Å². The number of aromatic nitrogens is 1. The van der Waals surface area contributed by atoms with E-state index in [1.807, 2.05) is 0 Å². The lowest BCUT2D eigenvalue weighted by atomic mass is 10.2. The molecule has 0 atom stereocenters. The zero-order valence-electron chi connectivity index (χ0n) is 10.5. The Hall–Kier alpha value is -1.43. The van der Waals surface area contributed by atoms with E-state index in [-0.39, 0.29) is 12.3 Å². The highest BCUT2D eigenvalue weighted by atomic mass is 79.9. The molecule has 0 aliphatic heterocycles. The molecule has 0 saturated heterocycles. The second-order valence-corrected chi connectivity index (χ2v) is 5.56. The number of rotatable bonds is 3. The minimum Gasteiger partial charge on any atom is -0.444 e. The lowest BCUT2D eigenvalue weighted by Crippen LogP contribution is -2.35. The first-order valence-electron chi connectivity index (χ1n) is 5.39. The fraction of sp³-hybridized carbons (Fsp3) is 0.417. The first kappa shape index (κ1) is 14.6. The number of Topliss-reactive ketones (excluding diaryl/α,β-unsaturated/α-hetero) is 1. The molecule has 6 heteroatoms. The number of amides is 1. The third-order valence-electron chi connectivity index (χ3n) is 1.81. The highest BCUT2D eigenvalue weighted by molar-refractivity contribution is 9.10. The first-order valence-corrected chi connectivity index (χ1v) is 6.19. The molecule has 0 radical (unpaired) electrons. The summed E-state index contributed by atoms with van der Waals surface area (Å²) in [5.74, 6) is -0.270. The highest BCUT2D eigenvalue weighted by Crippen LogP contribution is 2.08. The van der Waals surface area contributed by atoms with Crippen molar-refractivity contribution in [1.29, 1.82) is 0 Å². The monoisotopic (exact) mass is 314 g/mol. The van der Waals surface area contributed by atoms with E-state index < -0.39 is 11.7 Å². The summed E-state index contributed by atoms with van der Waals surface area (Å²) >= 11 is 3.23. The Morgan fingerprint density at radius 2 is 2.06 bits per heavy atom. The van der Waals surface area contributed by atoms with E-state index in [1.54, 1.807) is 32.9 Å². The fourth-order valence-electron chi connectivity index (χ4n) is 1.10. The number of nitrogens with one attached hydrogen (secondary N) is 1. The summed E-state index contributed by atoms with van der Waals surface area (Å²) in [4.78, 5) is 27.0. The number of hydrogen-bond acceptors (Lipinski definition) is 4. The molecular weight excluding hydrogens is 300 g/mol. The van der Waals surface area contributed by atoms with Crippen molar-refractivity contribution in [2.24, 2.45) is 0 Å². The van der Waals surface area contributed by atoms with Gasteiger partial charge < -0.3 is 10.1 Å². The van der Waals surface area contributed by atoms with Crippen molar-refractivity contribution >= 4 is 27.8 Å². The largest absolute Gasteiger partial charge is 0.444 e. The van der Waals surface area contributed by atoms with E-state index in [0.717, 1.165) is 4.47 Å². The van der Waals surface area contributed by atoms with Crippen LogP contribution in [0.2, 0.25) is 0 Å². The number of carbonyl (C=O) groups excluding carboxylic acids is 2. The number of ketones is 1. The van der Waals surface area contributed by atoms with Gasteiger partial charge in [-0.05, 0) is 48.8 Å². The zero-order chi connectivity index (χ0) is 13.8. The Balaban J connectivity index is 2.47. The molecule has 98 valence electrons. The summed E-state index contributed by atoms with van der Waals surface area (Å²) in [5, 5.41) is 2.39. The Morgan fingerprint density at radius 1 is 1.39 bits per heavy atom. The van der Waals surface area contributed by atoms with Crippen molar-refractivity contribution in [3.8, 4) is 0 Å². The summed E-state index contributed by atoms with van der Waals surface area (Å²) in [7, 11) is 0. The molecule has 1 rings (SSSR count). The van der Waals surface area contributed by atoms with Crippen molar-refractivity contribution in [3.63, 3.8) is 0 Å². The lowest BCUT2D eigenvalue weighted by Gasteiger charge is -2.19. The lowest BCUT2D eigenvalue weighted by molar-refractivity contribution is 0.0520. The van der Waals surface area contributed by atoms with E-state index in [9.17, 15) is 9.59 Å². The average molecular weight is 315 g/mol. The van der Waals surface area contributed by atoms with Crippen molar-refractivity contribution in [2.45, 2.75) is 26.4 Å². The zero-order valence-corrected chi connectivity index (χ0v) is 12.1. The van der Waals surface area contributed by atoms with Crippen LogP contribution in [0.25, 0.3) is 0 Å². The van der Waals surface area contributed by atoms with Crippen molar-refractivity contribution < 1.29 is 14.3 Å². The first-order chi connectivity index (χ1) is 8.28. The minimum absolute atomic E-state index is 0.135. The van der Waals surface area contributed by atoms with Crippen LogP contribution in [-0.4, -0.2) is 29.0 Å². The minimum atomic E-state index is -0.618. The van der Waals surface area contributed by atoms with Gasteiger partial charge in [-0.2, -0.15) is 0 Å². The second kappa shape index (κ2) is 5.95. The molecule has 1 aromatic rings. The van der Waals surface area contributed by atoms with Gasteiger partial charge in [-0.15, -0.1) is 0 Å². The van der Waals surface area contributed by atoms with E-state index in [1.165, 1.54) is 6.20 Å². The van der Waals surface area contributed by atoms with Crippen molar-refractivity contribution in [1.82, 2.24) is 10.3 Å². The number of pyridine rings is 1. The van der Waals surface area contributed by atoms with Gasteiger partial charge in [-0.25, -0.2) is 4.79 Å². The molecule has 1 amide bonds. The summed E-state index contributed by atoms with van der Waals surface area (Å²) in [5.41, 5.74) is -0.280. The van der Waals surface area contributed by atoms with Crippen LogP contribution in [-0.2, 0) is 4.74 Å². The SMILES string of the molecule is CC(C)(C)OC(=O)NCC(=O)c1ccc(Br)cn1. The van der Waals surface area contributed by atoms with Crippen LogP contribution in [0.1, 0.15) is 31.3 Å². The molecule has 0 saturated carbocycles. The number of carbonyl (C=O) groups is 2. The van der Waals surface area contributed by atoms with Crippen LogP contribution in [0.4, 0.5) is 4.79 Å². The average Bonchev–Trinajstić information content (AvgIpc) is 2.24. The van der Waals surface area contributed by atoms with Gasteiger partial charge in [0.2, 0.25) is 0 Å². The number of ether oxygens (including phenoxy) is 1. The molecule has 0 spiro atoms. The summed E-state index contributed by atoms with van der Waals surface area (Å²) in [6.45, 7) is 5.13. The molecule has 5 nitrogen and oxygen atoms in total. The maximum Gasteiger partial charge on any atom is 0.408 e. The third kappa shape index (κ3) is 5.27. The molecule has 0 aromatic carbocycles. The Morgan fingerprint density at radius 3 is 2.56 bits per heavy atom. The number of hydrogen-bond donors (Lipinski definition) is 1. The van der Waals surface area contributed by atoms with Crippen LogP contribution in [0.15, 0.2) is 22.8 Å². The summed E-state index contributed by atoms with van der Waals surface area (Å²) < 4.78 is 5.80. The van der Waals surface area contributed by atoms with Gasteiger partial charge in [0.1, 0.15) is 11.3 Å². The topological polar surface area (TPSA) is 68.3 Å². The van der Waals surface area contributed by atoms with E-state index >= 15 is 0 Å². The van der Waals surface area contributed by atoms with E-state index in [0.29, 0.717) is 5.69 Å². The van der Waals surface area contributed by atoms with E-state index in [2.05, 4.69) is 26.2 Å². The smallest absolute Gasteiger partial charge is 0.408 e. The van der Waals surface area contributed by atoms with Crippen LogP contribution in [0.5, 0.6) is 0 Å². The van der Waals surface area contributed by atoms with E-state index in [4.69, 9.17) is 4.74 Å². The molecule has 0 bridgehead atoms. The highest BCUT2D eigenvalue weighted by Gasteiger charge is 2.17. The van der Waals surface area contributed by atoms with Crippen LogP contribution in [0, 0.1) is 0 Å². The standard InChI is InChI=1S/C12H15BrN2O3/c1-12(2,3)18-11(17)15-7-10(16)9-5-4-8(13)6-14-9/h4-6H,7H2,1-3H3,(H,15,17). The van der Waals surface area contributed by atoms with Crippen molar-refractivity contribution in [3.05, 3.63) is 28.5 Å². The normalized spacial score (nSPS) is 10.9. The molecule has 0 aliphatic carbocycles. The Bertz CT molecular complexity index is 438. The Labute approximate surface area is 114 Å². The van der Waals surface area contributed by atoms with Crippen molar-refractivity contribution in [2.75, 3.05) is 6.54 Å². The third-order valence-corrected chi connectivity index (χ3v) is 2.27. The van der Waals surface area contributed by atoms with Gasteiger partial charge >= 0.3 is 6.09 Å². The molecule has 1 aromatic heterocycles. The molecule has 18 heavy (non-hydrogen) atoms. The van der Waals surface area contributed by atoms with Crippen LogP contribution >= 0.6 is 15.9 Å². The molecular formula is C12H15BrN2O3. The van der Waals surface area contributed by atoms with Crippen LogP contribution in [0.3, 0.4) is 0 Å². The molecule has 1 N–H and O–H groups in total. The van der Waals surface area contributed by atoms with Gasteiger partial charge in [-0.3, -0.25) is 9.78 Å². The Kier molecular flexibility index (Phi) is 4.84. The molecule has 0 fully saturated rings. The maximum absolute atomic E-state index is 11.7. The molecule has 0 unspecified atom stereocenters. The maximum atomic E-state index is 11.7. The predicted octanol–water partition coefficient (Wildman–Crippen LogP) is 2.55. The summed E-state index contributed by atoms with van der Waals surface area (Å²) in [6.07, 6.45) is 0.911. The molecule has 0 aliphatic rings. The number of alkyl carbamates (subject to hydrolysis) is 1. The quantitative estimate of drug-likeness (QED) is 0.871. The van der Waals surface area contributed by atoms with Gasteiger partial charge in [0, 0.05) is 10.7 Å². The number of halogens is 1. The second-order valence-electron chi connectivity index (χ2n) is 4.64. The van der Waals surface area contributed by atoms with Gasteiger partial charge in [-0.1, -0.05) is 0 Å². The predicted molar refractivity (Wildman–Crippen MR) is 70.5 cm³/mol. The fourth-order valence-corrected chi connectivity index (χ4v) is 1.33. The van der Waals surface area contributed by atoms with Gasteiger partial charge in [0.05, 0.1) is 6.54 Å². The summed E-state index contributed by atoms with van der Waals surface area (Å²) in [6, 6.07) is 3.30.